The summed E-state index contributed by atoms with van der Waals surface area (Å²) in [6, 6.07) is 6.98. The minimum absolute atomic E-state index is 0.0170. The molecular formula is C13H11F2NO4S2. The zero-order valence-corrected chi connectivity index (χ0v) is 12.9. The van der Waals surface area contributed by atoms with Crippen molar-refractivity contribution in [2.75, 3.05) is 11.0 Å². The molecule has 118 valence electrons. The van der Waals surface area contributed by atoms with Crippen molar-refractivity contribution in [2.24, 2.45) is 0 Å². The summed E-state index contributed by atoms with van der Waals surface area (Å²) >= 11 is 0. The van der Waals surface area contributed by atoms with E-state index in [4.69, 9.17) is 0 Å². The van der Waals surface area contributed by atoms with Crippen LogP contribution in [0.3, 0.4) is 0 Å². The number of hydrogen-bond donors (Lipinski definition) is 1. The standard InChI is InChI=1S/C13H11F2NO4S2/c1-21(17,18)11-5-3-10(4-6-11)16-22(19,20)13-7-2-9(14)8-12(13)15/h2-8,16H,1H3. The summed E-state index contributed by atoms with van der Waals surface area (Å²) in [4.78, 5) is -0.690. The van der Waals surface area contributed by atoms with Gasteiger partial charge >= 0.3 is 0 Å². The molecule has 0 aromatic heterocycles. The molecule has 2 aromatic rings. The van der Waals surface area contributed by atoms with Gasteiger partial charge in [0.15, 0.2) is 9.84 Å². The van der Waals surface area contributed by atoms with E-state index >= 15 is 0 Å². The van der Waals surface area contributed by atoms with Crippen LogP contribution in [0.2, 0.25) is 0 Å². The Morgan fingerprint density at radius 2 is 1.50 bits per heavy atom. The summed E-state index contributed by atoms with van der Waals surface area (Å²) in [6.45, 7) is 0. The fraction of sp³-hybridized carbons (Fsp3) is 0.0769. The smallest absolute Gasteiger partial charge is 0.264 e. The SMILES string of the molecule is CS(=O)(=O)c1ccc(NS(=O)(=O)c2ccc(F)cc2F)cc1. The number of sulfone groups is 1. The van der Waals surface area contributed by atoms with Gasteiger partial charge in [-0.25, -0.2) is 25.6 Å². The van der Waals surface area contributed by atoms with Gasteiger partial charge in [0, 0.05) is 18.0 Å². The van der Waals surface area contributed by atoms with Crippen molar-refractivity contribution in [1.29, 1.82) is 0 Å². The van der Waals surface area contributed by atoms with Crippen molar-refractivity contribution in [1.82, 2.24) is 0 Å². The molecular weight excluding hydrogens is 336 g/mol. The molecule has 1 N–H and O–H groups in total. The summed E-state index contributed by atoms with van der Waals surface area (Å²) in [5, 5.41) is 0. The predicted octanol–water partition coefficient (Wildman–Crippen LogP) is 2.17. The monoisotopic (exact) mass is 347 g/mol. The van der Waals surface area contributed by atoms with Crippen LogP contribution in [0.25, 0.3) is 0 Å². The van der Waals surface area contributed by atoms with Gasteiger partial charge < -0.3 is 0 Å². The second kappa shape index (κ2) is 5.65. The molecule has 2 aromatic carbocycles. The van der Waals surface area contributed by atoms with Gasteiger partial charge in [-0.2, -0.15) is 0 Å². The molecule has 5 nitrogen and oxygen atoms in total. The molecule has 0 amide bonds. The van der Waals surface area contributed by atoms with Crippen molar-refractivity contribution >= 4 is 25.5 Å². The van der Waals surface area contributed by atoms with Crippen LogP contribution >= 0.6 is 0 Å². The molecule has 0 bridgehead atoms. The number of rotatable bonds is 4. The zero-order valence-electron chi connectivity index (χ0n) is 11.2. The van der Waals surface area contributed by atoms with E-state index in [-0.39, 0.29) is 10.6 Å². The van der Waals surface area contributed by atoms with Crippen LogP contribution in [-0.2, 0) is 19.9 Å². The van der Waals surface area contributed by atoms with Gasteiger partial charge in [0.05, 0.1) is 4.90 Å². The molecule has 0 unspecified atom stereocenters. The third kappa shape index (κ3) is 3.60. The predicted molar refractivity (Wildman–Crippen MR) is 76.7 cm³/mol. The number of benzene rings is 2. The first-order valence-corrected chi connectivity index (χ1v) is 9.25. The Hall–Kier alpha value is -2.00. The molecule has 0 aliphatic carbocycles. The molecule has 9 heteroatoms. The van der Waals surface area contributed by atoms with E-state index in [0.29, 0.717) is 6.07 Å². The minimum atomic E-state index is -4.25. The minimum Gasteiger partial charge on any atom is -0.280 e. The van der Waals surface area contributed by atoms with Gasteiger partial charge in [0.1, 0.15) is 16.5 Å². The Labute approximate surface area is 126 Å². The quantitative estimate of drug-likeness (QED) is 0.919. The maximum Gasteiger partial charge on any atom is 0.264 e. The normalized spacial score (nSPS) is 12.1. The van der Waals surface area contributed by atoms with Gasteiger partial charge in [0.25, 0.3) is 10.0 Å². The van der Waals surface area contributed by atoms with Crippen molar-refractivity contribution in [2.45, 2.75) is 9.79 Å². The number of hydrogen-bond acceptors (Lipinski definition) is 4. The lowest BCUT2D eigenvalue weighted by Crippen LogP contribution is -2.14. The van der Waals surface area contributed by atoms with Crippen molar-refractivity contribution < 1.29 is 25.6 Å². The number of nitrogens with one attached hydrogen (secondary N) is 1. The molecule has 0 fully saturated rings. The molecule has 0 aliphatic rings. The molecule has 0 aliphatic heterocycles. The van der Waals surface area contributed by atoms with E-state index in [2.05, 4.69) is 4.72 Å². The average Bonchev–Trinajstić information content (AvgIpc) is 2.37. The van der Waals surface area contributed by atoms with Gasteiger partial charge in [-0.05, 0) is 36.4 Å². The van der Waals surface area contributed by atoms with Crippen LogP contribution in [0.15, 0.2) is 52.3 Å². The van der Waals surface area contributed by atoms with Crippen LogP contribution in [0, 0.1) is 11.6 Å². The molecule has 2 rings (SSSR count). The Kier molecular flexibility index (Phi) is 4.21. The fourth-order valence-corrected chi connectivity index (χ4v) is 3.42. The largest absolute Gasteiger partial charge is 0.280 e. The highest BCUT2D eigenvalue weighted by Crippen LogP contribution is 2.21. The highest BCUT2D eigenvalue weighted by molar-refractivity contribution is 7.92. The van der Waals surface area contributed by atoms with Gasteiger partial charge in [0.2, 0.25) is 0 Å². The first-order valence-electron chi connectivity index (χ1n) is 5.87. The van der Waals surface area contributed by atoms with E-state index in [1.54, 1.807) is 0 Å². The molecule has 22 heavy (non-hydrogen) atoms. The number of sulfonamides is 1. The van der Waals surface area contributed by atoms with E-state index in [9.17, 15) is 25.6 Å². The average molecular weight is 347 g/mol. The lowest BCUT2D eigenvalue weighted by Gasteiger charge is -2.09. The second-order valence-corrected chi connectivity index (χ2v) is 8.14. The van der Waals surface area contributed by atoms with Gasteiger partial charge in [-0.3, -0.25) is 4.72 Å². The van der Waals surface area contributed by atoms with Gasteiger partial charge in [-0.1, -0.05) is 0 Å². The van der Waals surface area contributed by atoms with Crippen molar-refractivity contribution in [3.05, 3.63) is 54.1 Å². The first kappa shape index (κ1) is 16.4. The van der Waals surface area contributed by atoms with E-state index in [1.807, 2.05) is 0 Å². The summed E-state index contributed by atoms with van der Waals surface area (Å²) in [6.07, 6.45) is 1.01. The molecule has 0 atom stereocenters. The summed E-state index contributed by atoms with van der Waals surface area (Å²) in [5.41, 5.74) is 0.0520. The Bertz CT molecular complexity index is 908. The van der Waals surface area contributed by atoms with Crippen molar-refractivity contribution in [3.8, 4) is 0 Å². The fourth-order valence-electron chi connectivity index (χ4n) is 1.67. The van der Waals surface area contributed by atoms with E-state index in [1.165, 1.54) is 24.3 Å². The lowest BCUT2D eigenvalue weighted by atomic mass is 10.3. The van der Waals surface area contributed by atoms with Crippen LogP contribution in [-0.4, -0.2) is 23.1 Å². The highest BCUT2D eigenvalue weighted by atomic mass is 32.2. The molecule has 0 spiro atoms. The number of anilines is 1. The van der Waals surface area contributed by atoms with Crippen molar-refractivity contribution in [3.63, 3.8) is 0 Å². The Balaban J connectivity index is 2.33. The topological polar surface area (TPSA) is 80.3 Å². The third-order valence-corrected chi connectivity index (χ3v) is 5.26. The molecule has 0 saturated carbocycles. The summed E-state index contributed by atoms with van der Waals surface area (Å²) < 4.78 is 75.1. The first-order chi connectivity index (χ1) is 10.1. The van der Waals surface area contributed by atoms with Crippen LogP contribution in [0.1, 0.15) is 0 Å². The van der Waals surface area contributed by atoms with E-state index in [0.717, 1.165) is 18.4 Å². The lowest BCUT2D eigenvalue weighted by molar-refractivity contribution is 0.551. The zero-order chi connectivity index (χ0) is 16.5. The third-order valence-electron chi connectivity index (χ3n) is 2.72. The van der Waals surface area contributed by atoms with E-state index < -0.39 is 36.4 Å². The molecule has 0 radical (unpaired) electrons. The van der Waals surface area contributed by atoms with Crippen LogP contribution in [0.4, 0.5) is 14.5 Å². The molecule has 0 heterocycles. The highest BCUT2D eigenvalue weighted by Gasteiger charge is 2.20. The van der Waals surface area contributed by atoms with Crippen LogP contribution in [0.5, 0.6) is 0 Å². The number of halogens is 2. The molecule has 0 saturated heterocycles. The Morgan fingerprint density at radius 1 is 0.909 bits per heavy atom. The van der Waals surface area contributed by atoms with Crippen LogP contribution < -0.4 is 4.72 Å². The summed E-state index contributed by atoms with van der Waals surface area (Å²) in [5.74, 6) is -2.12. The Morgan fingerprint density at radius 3 is 2.00 bits per heavy atom. The summed E-state index contributed by atoms with van der Waals surface area (Å²) in [7, 11) is -7.66. The maximum atomic E-state index is 13.5. The second-order valence-electron chi connectivity index (χ2n) is 4.48. The maximum absolute atomic E-state index is 13.5. The van der Waals surface area contributed by atoms with Gasteiger partial charge in [-0.15, -0.1) is 0 Å².